The van der Waals surface area contributed by atoms with Gasteiger partial charge in [0, 0.05) is 37.7 Å². The van der Waals surface area contributed by atoms with Gasteiger partial charge in [-0.2, -0.15) is 0 Å². The van der Waals surface area contributed by atoms with Gasteiger partial charge in [-0.3, -0.25) is 4.79 Å². The average Bonchev–Trinajstić information content (AvgIpc) is 3.30. The van der Waals surface area contributed by atoms with Crippen LogP contribution in [0.2, 0.25) is 5.02 Å². The second-order valence-corrected chi connectivity index (χ2v) is 5.85. The Morgan fingerprint density at radius 3 is 2.67 bits per heavy atom. The number of carbonyl (C=O) groups excluding carboxylic acids is 1. The lowest BCUT2D eigenvalue weighted by Gasteiger charge is -2.19. The number of carbonyl (C=O) groups is 1. The van der Waals surface area contributed by atoms with Gasteiger partial charge in [-0.15, -0.1) is 0 Å². The Kier molecular flexibility index (Phi) is 6.49. The zero-order valence-electron chi connectivity index (χ0n) is 12.4. The third kappa shape index (κ3) is 5.65. The van der Waals surface area contributed by atoms with Gasteiger partial charge in [0.05, 0.1) is 6.61 Å². The Balaban J connectivity index is 1.76. The van der Waals surface area contributed by atoms with Crippen LogP contribution in [0.4, 0.5) is 0 Å². The van der Waals surface area contributed by atoms with Crippen molar-refractivity contribution in [3.63, 3.8) is 0 Å². The third-order valence-corrected chi connectivity index (χ3v) is 3.92. The summed E-state index contributed by atoms with van der Waals surface area (Å²) in [5.74, 6) is 0.743. The zero-order chi connectivity index (χ0) is 15.1. The van der Waals surface area contributed by atoms with Gasteiger partial charge in [0.25, 0.3) is 0 Å². The lowest BCUT2D eigenvalue weighted by Crippen LogP contribution is -2.31. The molecule has 1 aromatic rings. The molecule has 21 heavy (non-hydrogen) atoms. The molecule has 0 radical (unpaired) electrons. The molecule has 5 heteroatoms. The van der Waals surface area contributed by atoms with Crippen LogP contribution < -0.4 is 10.6 Å². The van der Waals surface area contributed by atoms with Crippen molar-refractivity contribution in [3.05, 3.63) is 34.9 Å². The van der Waals surface area contributed by atoms with Crippen molar-refractivity contribution in [3.8, 4) is 0 Å². The molecule has 1 aliphatic carbocycles. The number of hydrogen-bond donors (Lipinski definition) is 2. The highest BCUT2D eigenvalue weighted by Crippen LogP contribution is 2.41. The highest BCUT2D eigenvalue weighted by Gasteiger charge is 2.31. The van der Waals surface area contributed by atoms with E-state index in [0.717, 1.165) is 5.02 Å². The maximum atomic E-state index is 11.6. The summed E-state index contributed by atoms with van der Waals surface area (Å²) in [6.07, 6.45) is 2.99. The van der Waals surface area contributed by atoms with Gasteiger partial charge >= 0.3 is 0 Å². The van der Waals surface area contributed by atoms with Crippen LogP contribution in [0.1, 0.15) is 30.9 Å². The smallest absolute Gasteiger partial charge is 0.221 e. The molecule has 4 nitrogen and oxygen atoms in total. The Hall–Kier alpha value is -1.10. The quantitative estimate of drug-likeness (QED) is 0.689. The minimum absolute atomic E-state index is 0.0604. The average molecular weight is 311 g/mol. The van der Waals surface area contributed by atoms with Gasteiger partial charge in [-0.05, 0) is 36.5 Å². The summed E-state index contributed by atoms with van der Waals surface area (Å²) in [6, 6.07) is 8.30. The topological polar surface area (TPSA) is 50.4 Å². The first kappa shape index (κ1) is 16.3. The number of amides is 1. The van der Waals surface area contributed by atoms with E-state index in [2.05, 4.69) is 22.8 Å². The molecule has 0 aliphatic heterocycles. The molecule has 1 amide bonds. The van der Waals surface area contributed by atoms with Crippen LogP contribution >= 0.6 is 11.6 Å². The lowest BCUT2D eigenvalue weighted by molar-refractivity contribution is -0.121. The Morgan fingerprint density at radius 1 is 1.33 bits per heavy atom. The summed E-state index contributed by atoms with van der Waals surface area (Å²) in [5.41, 5.74) is 1.25. The maximum Gasteiger partial charge on any atom is 0.221 e. The van der Waals surface area contributed by atoms with Crippen LogP contribution in [0, 0.1) is 5.92 Å². The van der Waals surface area contributed by atoms with Crippen molar-refractivity contribution in [2.45, 2.75) is 25.3 Å². The summed E-state index contributed by atoms with van der Waals surface area (Å²) in [6.45, 7) is 1.80. The van der Waals surface area contributed by atoms with Gasteiger partial charge in [-0.1, -0.05) is 23.7 Å². The normalized spacial score (nSPS) is 15.7. The van der Waals surface area contributed by atoms with Crippen LogP contribution in [0.5, 0.6) is 0 Å². The highest BCUT2D eigenvalue weighted by molar-refractivity contribution is 6.30. The van der Waals surface area contributed by atoms with Crippen molar-refractivity contribution in [1.29, 1.82) is 0 Å². The monoisotopic (exact) mass is 310 g/mol. The Labute approximate surface area is 131 Å². The minimum atomic E-state index is 0.0604. The van der Waals surface area contributed by atoms with Crippen LogP contribution in [0.15, 0.2) is 24.3 Å². The van der Waals surface area contributed by atoms with Crippen LogP contribution in [0.3, 0.4) is 0 Å². The fourth-order valence-electron chi connectivity index (χ4n) is 2.38. The van der Waals surface area contributed by atoms with Crippen molar-refractivity contribution < 1.29 is 9.53 Å². The van der Waals surface area contributed by atoms with Gasteiger partial charge in [0.1, 0.15) is 0 Å². The summed E-state index contributed by atoms with van der Waals surface area (Å²) in [4.78, 5) is 11.6. The van der Waals surface area contributed by atoms with E-state index in [-0.39, 0.29) is 5.91 Å². The summed E-state index contributed by atoms with van der Waals surface area (Å²) >= 11 is 5.93. The molecule has 1 unspecified atom stereocenters. The minimum Gasteiger partial charge on any atom is -0.383 e. The van der Waals surface area contributed by atoms with E-state index in [9.17, 15) is 4.79 Å². The number of methoxy groups -OCH3 is 1. The molecular weight excluding hydrogens is 288 g/mol. The molecule has 1 aromatic carbocycles. The number of nitrogens with one attached hydrogen (secondary N) is 2. The van der Waals surface area contributed by atoms with Crippen LogP contribution in [0.25, 0.3) is 0 Å². The number of rotatable bonds is 9. The van der Waals surface area contributed by atoms with Crippen LogP contribution in [-0.4, -0.2) is 32.7 Å². The van der Waals surface area contributed by atoms with Crippen molar-refractivity contribution in [2.75, 3.05) is 26.8 Å². The van der Waals surface area contributed by atoms with Gasteiger partial charge < -0.3 is 15.4 Å². The number of hydrogen-bond acceptors (Lipinski definition) is 3. The molecular formula is C16H23ClN2O2. The Morgan fingerprint density at radius 2 is 2.05 bits per heavy atom. The lowest BCUT2D eigenvalue weighted by atomic mass is 10.0. The predicted molar refractivity (Wildman–Crippen MR) is 84.4 cm³/mol. The van der Waals surface area contributed by atoms with Gasteiger partial charge in [0.15, 0.2) is 0 Å². The Bertz CT molecular complexity index is 446. The van der Waals surface area contributed by atoms with E-state index in [1.807, 2.05) is 12.1 Å². The molecule has 1 aliphatic rings. The predicted octanol–water partition coefficient (Wildman–Crippen LogP) is 2.53. The first-order chi connectivity index (χ1) is 10.2. The van der Waals surface area contributed by atoms with Gasteiger partial charge in [-0.25, -0.2) is 0 Å². The SMILES string of the molecule is COCCNC(=O)CCNC(c1ccc(Cl)cc1)C1CC1. The molecule has 0 spiro atoms. The van der Waals surface area contributed by atoms with E-state index in [1.54, 1.807) is 7.11 Å². The molecule has 1 atom stereocenters. The number of ether oxygens (including phenoxy) is 1. The van der Waals surface area contributed by atoms with E-state index < -0.39 is 0 Å². The molecule has 1 fully saturated rings. The summed E-state index contributed by atoms with van der Waals surface area (Å²) in [7, 11) is 1.63. The third-order valence-electron chi connectivity index (χ3n) is 3.67. The van der Waals surface area contributed by atoms with E-state index in [1.165, 1.54) is 18.4 Å². The second kappa shape index (κ2) is 8.37. The first-order valence-corrected chi connectivity index (χ1v) is 7.83. The standard InChI is InChI=1S/C16H23ClN2O2/c1-21-11-10-18-15(20)8-9-19-16(12-2-3-12)13-4-6-14(17)7-5-13/h4-7,12,16,19H,2-3,8-11H2,1H3,(H,18,20). The zero-order valence-corrected chi connectivity index (χ0v) is 13.2. The fraction of sp³-hybridized carbons (Fsp3) is 0.562. The molecule has 2 rings (SSSR count). The summed E-state index contributed by atoms with van der Waals surface area (Å²) < 4.78 is 4.90. The molecule has 1 saturated carbocycles. The maximum absolute atomic E-state index is 11.6. The van der Waals surface area contributed by atoms with Crippen molar-refractivity contribution in [2.24, 2.45) is 5.92 Å². The number of benzene rings is 1. The largest absolute Gasteiger partial charge is 0.383 e. The molecule has 116 valence electrons. The van der Waals surface area contributed by atoms with E-state index in [4.69, 9.17) is 16.3 Å². The second-order valence-electron chi connectivity index (χ2n) is 5.41. The van der Waals surface area contributed by atoms with Crippen molar-refractivity contribution >= 4 is 17.5 Å². The molecule has 0 bridgehead atoms. The molecule has 0 aromatic heterocycles. The van der Waals surface area contributed by atoms with Gasteiger partial charge in [0.2, 0.25) is 5.91 Å². The van der Waals surface area contributed by atoms with Crippen molar-refractivity contribution in [1.82, 2.24) is 10.6 Å². The molecule has 0 saturated heterocycles. The van der Waals surface area contributed by atoms with E-state index >= 15 is 0 Å². The molecule has 0 heterocycles. The van der Waals surface area contributed by atoms with Crippen LogP contribution in [-0.2, 0) is 9.53 Å². The van der Waals surface area contributed by atoms with E-state index in [0.29, 0.717) is 38.1 Å². The first-order valence-electron chi connectivity index (χ1n) is 7.45. The number of halogens is 1. The summed E-state index contributed by atoms with van der Waals surface area (Å²) in [5, 5.41) is 7.09. The fourth-order valence-corrected chi connectivity index (χ4v) is 2.50. The highest BCUT2D eigenvalue weighted by atomic mass is 35.5. The molecule has 2 N–H and O–H groups in total.